The number of amides is 1. The molecule has 0 aliphatic rings. The number of aryl methyl sites for hydroxylation is 1. The molecule has 0 spiro atoms. The first kappa shape index (κ1) is 11.4. The van der Waals surface area contributed by atoms with Gasteiger partial charge in [0.25, 0.3) is 5.91 Å². The summed E-state index contributed by atoms with van der Waals surface area (Å²) in [5, 5.41) is 2.65. The van der Waals surface area contributed by atoms with E-state index < -0.39 is 5.91 Å². The zero-order chi connectivity index (χ0) is 12.4. The molecular weight excluding hydrogens is 244 g/mol. The van der Waals surface area contributed by atoms with Crippen molar-refractivity contribution in [1.29, 1.82) is 0 Å². The van der Waals surface area contributed by atoms with Crippen molar-refractivity contribution < 1.29 is 9.21 Å². The van der Waals surface area contributed by atoms with Gasteiger partial charge in [-0.15, -0.1) is 0 Å². The molecule has 1 amide bonds. The number of anilines is 2. The highest BCUT2D eigenvalue weighted by molar-refractivity contribution is 6.30. The van der Waals surface area contributed by atoms with Crippen LogP contribution in [0.1, 0.15) is 16.1 Å². The first-order chi connectivity index (χ1) is 8.06. The topological polar surface area (TPSA) is 94.0 Å². The highest BCUT2D eigenvalue weighted by Gasteiger charge is 2.13. The Labute approximate surface area is 102 Å². The molecule has 0 saturated carbocycles. The second kappa shape index (κ2) is 4.42. The molecule has 3 N–H and O–H groups in total. The number of nitrogen functional groups attached to an aromatic ring is 1. The fourth-order valence-electron chi connectivity index (χ4n) is 1.21. The van der Waals surface area contributed by atoms with Gasteiger partial charge in [0.05, 0.1) is 23.1 Å². The van der Waals surface area contributed by atoms with Crippen LogP contribution in [0, 0.1) is 6.92 Å². The molecule has 6 nitrogen and oxygen atoms in total. The molecule has 0 aliphatic carbocycles. The summed E-state index contributed by atoms with van der Waals surface area (Å²) in [7, 11) is 0. The first-order valence-corrected chi connectivity index (χ1v) is 5.08. The van der Waals surface area contributed by atoms with Gasteiger partial charge in [-0.2, -0.15) is 4.98 Å². The number of carbonyl (C=O) groups excluding carboxylic acids is 1. The molecule has 2 heterocycles. The first-order valence-electron chi connectivity index (χ1n) is 4.71. The molecule has 0 aromatic carbocycles. The summed E-state index contributed by atoms with van der Waals surface area (Å²) in [5.41, 5.74) is 6.74. The van der Waals surface area contributed by atoms with Crippen LogP contribution in [0.25, 0.3) is 0 Å². The van der Waals surface area contributed by atoms with E-state index in [0.29, 0.717) is 5.69 Å². The van der Waals surface area contributed by atoms with Crippen molar-refractivity contribution in [3.8, 4) is 0 Å². The lowest BCUT2D eigenvalue weighted by atomic mass is 10.2. The lowest BCUT2D eigenvalue weighted by Gasteiger charge is -2.04. The maximum Gasteiger partial charge on any atom is 0.301 e. The van der Waals surface area contributed by atoms with Crippen LogP contribution in [0.4, 0.5) is 11.7 Å². The van der Waals surface area contributed by atoms with Gasteiger partial charge < -0.3 is 10.2 Å². The maximum atomic E-state index is 11.8. The molecule has 2 aromatic rings. The van der Waals surface area contributed by atoms with Crippen molar-refractivity contribution >= 4 is 29.2 Å². The quantitative estimate of drug-likeness (QED) is 0.796. The zero-order valence-corrected chi connectivity index (χ0v) is 9.65. The Balaban J connectivity index is 2.22. The average Bonchev–Trinajstić information content (AvgIpc) is 2.67. The number of pyridine rings is 1. The zero-order valence-electron chi connectivity index (χ0n) is 8.90. The summed E-state index contributed by atoms with van der Waals surface area (Å²) in [4.78, 5) is 19.5. The Hall–Kier alpha value is -2.08. The molecule has 7 heteroatoms. The van der Waals surface area contributed by atoms with Gasteiger partial charge in [0.15, 0.2) is 0 Å². The number of nitrogens with one attached hydrogen (secondary N) is 1. The second-order valence-corrected chi connectivity index (χ2v) is 3.73. The third-order valence-electron chi connectivity index (χ3n) is 1.99. The van der Waals surface area contributed by atoms with Crippen molar-refractivity contribution in [2.24, 2.45) is 0 Å². The Morgan fingerprint density at radius 3 is 3.00 bits per heavy atom. The van der Waals surface area contributed by atoms with Crippen LogP contribution in [0.2, 0.25) is 5.15 Å². The number of rotatable bonds is 2. The predicted molar refractivity (Wildman–Crippen MR) is 62.9 cm³/mol. The lowest BCUT2D eigenvalue weighted by molar-refractivity contribution is 0.102. The lowest BCUT2D eigenvalue weighted by Crippen LogP contribution is -2.14. The molecule has 0 saturated heterocycles. The minimum Gasteiger partial charge on any atom is -0.432 e. The fourth-order valence-corrected chi connectivity index (χ4v) is 1.37. The summed E-state index contributed by atoms with van der Waals surface area (Å²) < 4.78 is 4.99. The monoisotopic (exact) mass is 252 g/mol. The number of oxazole rings is 1. The Morgan fingerprint density at radius 2 is 2.35 bits per heavy atom. The molecule has 0 bridgehead atoms. The van der Waals surface area contributed by atoms with Gasteiger partial charge in [0.1, 0.15) is 11.4 Å². The summed E-state index contributed by atoms with van der Waals surface area (Å²) in [5.74, 6) is -0.450. The van der Waals surface area contributed by atoms with Gasteiger partial charge >= 0.3 is 6.01 Å². The number of nitrogens with two attached hydrogens (primary N) is 1. The number of aromatic nitrogens is 2. The second-order valence-electron chi connectivity index (χ2n) is 3.34. The number of hydrogen-bond donors (Lipinski definition) is 2. The van der Waals surface area contributed by atoms with E-state index in [9.17, 15) is 4.79 Å². The standard InChI is InChI=1S/C10H9ClN4O2/c1-5-4-17-10(14-5)15-9(16)6-2-8(11)13-3-7(6)12/h2-4H,12H2,1H3,(H,14,15,16). The molecule has 2 rings (SSSR count). The number of hydrogen-bond acceptors (Lipinski definition) is 5. The molecule has 17 heavy (non-hydrogen) atoms. The van der Waals surface area contributed by atoms with Crippen LogP contribution in [0.15, 0.2) is 22.9 Å². The SMILES string of the molecule is Cc1coc(NC(=O)c2cc(Cl)ncc2N)n1. The molecule has 0 atom stereocenters. The minimum absolute atomic E-state index is 0.111. The van der Waals surface area contributed by atoms with Crippen molar-refractivity contribution in [2.45, 2.75) is 6.92 Å². The molecule has 0 radical (unpaired) electrons. The van der Waals surface area contributed by atoms with Crippen LogP contribution < -0.4 is 11.1 Å². The third kappa shape index (κ3) is 2.54. The van der Waals surface area contributed by atoms with Crippen LogP contribution in [-0.2, 0) is 0 Å². The van der Waals surface area contributed by atoms with Crippen molar-refractivity contribution in [1.82, 2.24) is 9.97 Å². The van der Waals surface area contributed by atoms with Crippen LogP contribution in [0.3, 0.4) is 0 Å². The molecule has 88 valence electrons. The van der Waals surface area contributed by atoms with E-state index >= 15 is 0 Å². The molecule has 0 unspecified atom stereocenters. The highest BCUT2D eigenvalue weighted by Crippen LogP contribution is 2.16. The van der Waals surface area contributed by atoms with Gasteiger partial charge in [0.2, 0.25) is 0 Å². The Bertz CT molecular complexity index is 567. The number of halogens is 1. The molecule has 0 aliphatic heterocycles. The van der Waals surface area contributed by atoms with E-state index in [2.05, 4.69) is 15.3 Å². The third-order valence-corrected chi connectivity index (χ3v) is 2.19. The summed E-state index contributed by atoms with van der Waals surface area (Å²) >= 11 is 5.68. The highest BCUT2D eigenvalue weighted by atomic mass is 35.5. The average molecular weight is 253 g/mol. The van der Waals surface area contributed by atoms with Crippen molar-refractivity contribution in [2.75, 3.05) is 11.1 Å². The van der Waals surface area contributed by atoms with Crippen LogP contribution in [-0.4, -0.2) is 15.9 Å². The van der Waals surface area contributed by atoms with Crippen molar-refractivity contribution in [3.63, 3.8) is 0 Å². The minimum atomic E-state index is -0.450. The predicted octanol–water partition coefficient (Wildman–Crippen LogP) is 1.87. The van der Waals surface area contributed by atoms with E-state index in [1.54, 1.807) is 6.92 Å². The van der Waals surface area contributed by atoms with E-state index in [0.717, 1.165) is 0 Å². The number of nitrogens with zero attached hydrogens (tertiary/aromatic N) is 2. The molecule has 0 fully saturated rings. The summed E-state index contributed by atoms with van der Waals surface area (Å²) in [6, 6.07) is 1.49. The van der Waals surface area contributed by atoms with Gasteiger partial charge in [-0.1, -0.05) is 11.6 Å². The van der Waals surface area contributed by atoms with E-state index in [1.165, 1.54) is 18.5 Å². The van der Waals surface area contributed by atoms with Crippen molar-refractivity contribution in [3.05, 3.63) is 34.9 Å². The largest absolute Gasteiger partial charge is 0.432 e. The van der Waals surface area contributed by atoms with Gasteiger partial charge in [-0.05, 0) is 13.0 Å². The smallest absolute Gasteiger partial charge is 0.301 e. The van der Waals surface area contributed by atoms with Gasteiger partial charge in [0, 0.05) is 0 Å². The van der Waals surface area contributed by atoms with E-state index in [4.69, 9.17) is 21.8 Å². The Kier molecular flexibility index (Phi) is 2.97. The van der Waals surface area contributed by atoms with E-state index in [-0.39, 0.29) is 22.4 Å². The maximum absolute atomic E-state index is 11.8. The fraction of sp³-hybridized carbons (Fsp3) is 0.100. The Morgan fingerprint density at radius 1 is 1.59 bits per heavy atom. The molecular formula is C10H9ClN4O2. The van der Waals surface area contributed by atoms with Crippen LogP contribution >= 0.6 is 11.6 Å². The van der Waals surface area contributed by atoms with E-state index in [1.807, 2.05) is 0 Å². The summed E-state index contributed by atoms with van der Waals surface area (Å²) in [6.07, 6.45) is 2.75. The van der Waals surface area contributed by atoms with Crippen LogP contribution in [0.5, 0.6) is 0 Å². The summed E-state index contributed by atoms with van der Waals surface area (Å²) in [6.45, 7) is 1.75. The van der Waals surface area contributed by atoms with Gasteiger partial charge in [-0.25, -0.2) is 4.98 Å². The normalized spacial score (nSPS) is 10.2. The van der Waals surface area contributed by atoms with Gasteiger partial charge in [-0.3, -0.25) is 10.1 Å². The molecule has 2 aromatic heterocycles. The number of carbonyl (C=O) groups is 1.